The number of hydrogen-bond acceptors (Lipinski definition) is 3. The van der Waals surface area contributed by atoms with Crippen LogP contribution in [0.25, 0.3) is 0 Å². The van der Waals surface area contributed by atoms with Gasteiger partial charge in [-0.3, -0.25) is 9.78 Å². The first-order valence-corrected chi connectivity index (χ1v) is 6.32. The van der Waals surface area contributed by atoms with Crippen molar-refractivity contribution in [2.75, 3.05) is 0 Å². The number of fused-ring (bicyclic) bond motifs is 5. The largest absolute Gasteiger partial charge is 0.341 e. The molecule has 6 heteroatoms. The fourth-order valence-electron chi connectivity index (χ4n) is 3.32. The van der Waals surface area contributed by atoms with Crippen molar-refractivity contribution in [1.82, 2.24) is 20.1 Å². The van der Waals surface area contributed by atoms with E-state index in [9.17, 15) is 9.59 Å². The number of aromatic amines is 2. The Labute approximate surface area is 108 Å². The first kappa shape index (κ1) is 10.5. The van der Waals surface area contributed by atoms with Crippen LogP contribution in [0.2, 0.25) is 0 Å². The Balaban J connectivity index is 1.76. The summed E-state index contributed by atoms with van der Waals surface area (Å²) in [6.07, 6.45) is 1.95. The molecule has 2 aliphatic heterocycles. The van der Waals surface area contributed by atoms with Crippen molar-refractivity contribution in [3.63, 3.8) is 0 Å². The number of carbonyl (C=O) groups excluding carboxylic acids is 1. The second-order valence-corrected chi connectivity index (χ2v) is 4.98. The minimum Gasteiger partial charge on any atom is -0.322 e. The van der Waals surface area contributed by atoms with Crippen LogP contribution in [0.15, 0.2) is 29.1 Å². The number of H-pyrrole nitrogens is 2. The molecule has 4 rings (SSSR count). The molecule has 1 aromatic heterocycles. The van der Waals surface area contributed by atoms with E-state index in [1.54, 1.807) is 0 Å². The average Bonchev–Trinajstić information content (AvgIpc) is 3.11. The lowest BCUT2D eigenvalue weighted by atomic mass is 9.92. The summed E-state index contributed by atoms with van der Waals surface area (Å²) in [5, 5.41) is 5.97. The molecule has 2 bridgehead atoms. The van der Waals surface area contributed by atoms with Gasteiger partial charge in [-0.25, -0.2) is 9.89 Å². The molecule has 2 atom stereocenters. The van der Waals surface area contributed by atoms with Crippen LogP contribution >= 0.6 is 0 Å². The normalized spacial score (nSPS) is 23.7. The zero-order chi connectivity index (χ0) is 13.0. The van der Waals surface area contributed by atoms with E-state index >= 15 is 0 Å². The molecule has 0 unspecified atom stereocenters. The summed E-state index contributed by atoms with van der Waals surface area (Å²) in [6.45, 7) is 0. The van der Waals surface area contributed by atoms with E-state index in [1.807, 2.05) is 17.0 Å². The molecule has 6 nitrogen and oxygen atoms in total. The van der Waals surface area contributed by atoms with Gasteiger partial charge in [0.2, 0.25) is 5.82 Å². The van der Waals surface area contributed by atoms with E-state index in [-0.39, 0.29) is 23.8 Å². The molecule has 2 aromatic rings. The highest BCUT2D eigenvalue weighted by Crippen LogP contribution is 2.53. The lowest BCUT2D eigenvalue weighted by molar-refractivity contribution is 0.0684. The van der Waals surface area contributed by atoms with Gasteiger partial charge >= 0.3 is 5.69 Å². The van der Waals surface area contributed by atoms with Gasteiger partial charge in [0.1, 0.15) is 0 Å². The highest BCUT2D eigenvalue weighted by molar-refractivity contribution is 5.91. The number of amides is 1. The second kappa shape index (κ2) is 3.57. The first-order valence-electron chi connectivity index (χ1n) is 6.32. The van der Waals surface area contributed by atoms with Gasteiger partial charge in [-0.1, -0.05) is 24.3 Å². The monoisotopic (exact) mass is 256 g/mol. The van der Waals surface area contributed by atoms with Crippen molar-refractivity contribution in [2.45, 2.75) is 24.9 Å². The molecule has 1 amide bonds. The van der Waals surface area contributed by atoms with Crippen LogP contribution in [0.4, 0.5) is 0 Å². The zero-order valence-electron chi connectivity index (χ0n) is 10.1. The number of hydrogen-bond donors (Lipinski definition) is 2. The number of benzene rings is 1. The Kier molecular flexibility index (Phi) is 1.98. The van der Waals surface area contributed by atoms with Crippen LogP contribution in [0.1, 0.15) is 46.7 Å². The molecule has 0 aliphatic carbocycles. The van der Waals surface area contributed by atoms with E-state index in [4.69, 9.17) is 0 Å². The van der Waals surface area contributed by atoms with Gasteiger partial charge < -0.3 is 4.90 Å². The topological polar surface area (TPSA) is 81.8 Å². The van der Waals surface area contributed by atoms with Crippen LogP contribution in [-0.2, 0) is 0 Å². The third kappa shape index (κ3) is 1.34. The quantitative estimate of drug-likeness (QED) is 0.802. The maximum absolute atomic E-state index is 12.5. The van der Waals surface area contributed by atoms with Gasteiger partial charge in [-0.15, -0.1) is 5.10 Å². The number of aromatic nitrogens is 3. The maximum atomic E-state index is 12.5. The Morgan fingerprint density at radius 2 is 1.84 bits per heavy atom. The van der Waals surface area contributed by atoms with Gasteiger partial charge in [0.05, 0.1) is 12.1 Å². The van der Waals surface area contributed by atoms with Crippen LogP contribution < -0.4 is 5.69 Å². The summed E-state index contributed by atoms with van der Waals surface area (Å²) in [5.74, 6) is -0.114. The molecule has 96 valence electrons. The second-order valence-electron chi connectivity index (χ2n) is 4.98. The SMILES string of the molecule is O=C(c1n[nH]c(=O)[nH]1)N1[C@H]2CC[C@H]1c1ccccc12. The van der Waals surface area contributed by atoms with Gasteiger partial charge in [0, 0.05) is 0 Å². The number of carbonyl (C=O) groups is 1. The van der Waals surface area contributed by atoms with E-state index in [0.29, 0.717) is 0 Å². The summed E-state index contributed by atoms with van der Waals surface area (Å²) in [5.41, 5.74) is 2.00. The molecule has 1 aromatic carbocycles. The lowest BCUT2D eigenvalue weighted by Crippen LogP contribution is -2.29. The molecule has 3 heterocycles. The standard InChI is InChI=1S/C13H12N4O2/c18-12(11-14-13(19)16-15-11)17-9-5-6-10(17)8-4-2-1-3-7(8)9/h1-4,9-10H,5-6H2,(H2,14,15,16,19)/t9-,10-/m0/s1. The van der Waals surface area contributed by atoms with Crippen molar-refractivity contribution in [3.8, 4) is 0 Å². The molecule has 0 radical (unpaired) electrons. The van der Waals surface area contributed by atoms with Crippen molar-refractivity contribution in [3.05, 3.63) is 51.7 Å². The highest BCUT2D eigenvalue weighted by Gasteiger charge is 2.46. The van der Waals surface area contributed by atoms with Crippen molar-refractivity contribution in [1.29, 1.82) is 0 Å². The van der Waals surface area contributed by atoms with Crippen molar-refractivity contribution in [2.24, 2.45) is 0 Å². The van der Waals surface area contributed by atoms with Crippen LogP contribution in [0, 0.1) is 0 Å². The zero-order valence-corrected chi connectivity index (χ0v) is 10.1. The summed E-state index contributed by atoms with van der Waals surface area (Å²) >= 11 is 0. The fraction of sp³-hybridized carbons (Fsp3) is 0.308. The molecule has 0 saturated carbocycles. The van der Waals surface area contributed by atoms with Crippen LogP contribution in [0.3, 0.4) is 0 Å². The van der Waals surface area contributed by atoms with Crippen LogP contribution in [-0.4, -0.2) is 26.0 Å². The minimum absolute atomic E-state index is 0.0923. The van der Waals surface area contributed by atoms with Gasteiger partial charge in [-0.05, 0) is 24.0 Å². The molecule has 19 heavy (non-hydrogen) atoms. The van der Waals surface area contributed by atoms with Crippen molar-refractivity contribution >= 4 is 5.91 Å². The third-order valence-electron chi connectivity index (χ3n) is 4.04. The smallest absolute Gasteiger partial charge is 0.322 e. The number of rotatable bonds is 1. The van der Waals surface area contributed by atoms with E-state index < -0.39 is 5.69 Å². The Bertz CT molecular complexity index is 686. The number of nitrogens with one attached hydrogen (secondary N) is 2. The van der Waals surface area contributed by atoms with E-state index in [1.165, 1.54) is 11.1 Å². The lowest BCUT2D eigenvalue weighted by Gasteiger charge is -2.20. The molecular formula is C13H12N4O2. The summed E-state index contributed by atoms with van der Waals surface area (Å²) < 4.78 is 0. The van der Waals surface area contributed by atoms with E-state index in [2.05, 4.69) is 27.3 Å². The van der Waals surface area contributed by atoms with Crippen LogP contribution in [0.5, 0.6) is 0 Å². The molecule has 1 fully saturated rings. The summed E-state index contributed by atoms with van der Waals surface area (Å²) in [7, 11) is 0. The molecule has 1 saturated heterocycles. The Morgan fingerprint density at radius 1 is 1.21 bits per heavy atom. The minimum atomic E-state index is -0.451. The Hall–Kier alpha value is -2.37. The van der Waals surface area contributed by atoms with E-state index in [0.717, 1.165) is 12.8 Å². The predicted octanol–water partition coefficient (Wildman–Crippen LogP) is 1.13. The molecule has 0 spiro atoms. The number of nitrogens with zero attached hydrogens (tertiary/aromatic N) is 2. The molecule has 2 N–H and O–H groups in total. The summed E-state index contributed by atoms with van der Waals surface area (Å²) in [6, 6.07) is 8.39. The maximum Gasteiger partial charge on any atom is 0.341 e. The molecular weight excluding hydrogens is 244 g/mol. The van der Waals surface area contributed by atoms with Gasteiger partial charge in [0.15, 0.2) is 0 Å². The third-order valence-corrected chi connectivity index (χ3v) is 4.04. The van der Waals surface area contributed by atoms with Gasteiger partial charge in [-0.2, -0.15) is 0 Å². The highest BCUT2D eigenvalue weighted by atomic mass is 16.2. The van der Waals surface area contributed by atoms with Crippen molar-refractivity contribution < 1.29 is 4.79 Å². The summed E-state index contributed by atoms with van der Waals surface area (Å²) in [4.78, 5) is 27.8. The first-order chi connectivity index (χ1) is 9.25. The Morgan fingerprint density at radius 3 is 2.37 bits per heavy atom. The molecule has 2 aliphatic rings. The van der Waals surface area contributed by atoms with Gasteiger partial charge in [0.25, 0.3) is 5.91 Å². The fourth-order valence-corrected chi connectivity index (χ4v) is 3.32. The average molecular weight is 256 g/mol. The predicted molar refractivity (Wildman–Crippen MR) is 66.5 cm³/mol.